The van der Waals surface area contributed by atoms with E-state index < -0.39 is 22.3 Å². The number of hydrogen-bond acceptors (Lipinski definition) is 5. The first-order valence-corrected chi connectivity index (χ1v) is 6.54. The number of likely N-dealkylation sites (N-methyl/N-ethyl adjacent to an activating group) is 1. The summed E-state index contributed by atoms with van der Waals surface area (Å²) >= 11 is 0. The molecule has 7 nitrogen and oxygen atoms in total. The number of nitro groups is 1. The van der Waals surface area contributed by atoms with Crippen LogP contribution < -0.4 is 5.73 Å². The maximum Gasteiger partial charge on any atom is 0.285 e. The van der Waals surface area contributed by atoms with Gasteiger partial charge in [0.1, 0.15) is 5.56 Å². The van der Waals surface area contributed by atoms with Gasteiger partial charge >= 0.3 is 0 Å². The minimum Gasteiger partial charge on any atom is -0.396 e. The SMILES string of the molecule is CC1CN(C)CCN1C(=O)c1cc(N)c(F)cc1[N+](=O)[O-]. The molecule has 0 aromatic heterocycles. The maximum atomic E-state index is 13.4. The Morgan fingerprint density at radius 2 is 2.14 bits per heavy atom. The molecule has 1 aromatic rings. The number of rotatable bonds is 2. The van der Waals surface area contributed by atoms with Crippen molar-refractivity contribution in [3.8, 4) is 0 Å². The van der Waals surface area contributed by atoms with Crippen molar-refractivity contribution in [1.82, 2.24) is 9.80 Å². The number of hydrogen-bond donors (Lipinski definition) is 1. The summed E-state index contributed by atoms with van der Waals surface area (Å²) in [4.78, 5) is 26.4. The van der Waals surface area contributed by atoms with E-state index in [2.05, 4.69) is 4.90 Å². The van der Waals surface area contributed by atoms with Gasteiger partial charge in [0.15, 0.2) is 5.82 Å². The van der Waals surface area contributed by atoms with Crippen LogP contribution in [0.15, 0.2) is 12.1 Å². The number of carbonyl (C=O) groups is 1. The van der Waals surface area contributed by atoms with Crippen molar-refractivity contribution in [1.29, 1.82) is 0 Å². The zero-order chi connectivity index (χ0) is 15.7. The molecule has 1 atom stereocenters. The Morgan fingerprint density at radius 1 is 1.48 bits per heavy atom. The molecule has 0 spiro atoms. The molecule has 1 amide bonds. The third kappa shape index (κ3) is 2.94. The molecule has 2 N–H and O–H groups in total. The molecule has 1 aliphatic rings. The molecule has 1 heterocycles. The first kappa shape index (κ1) is 15.2. The Morgan fingerprint density at radius 3 is 2.71 bits per heavy atom. The third-order valence-corrected chi connectivity index (χ3v) is 3.63. The van der Waals surface area contributed by atoms with Gasteiger partial charge in [-0.3, -0.25) is 14.9 Å². The highest BCUT2D eigenvalue weighted by Gasteiger charge is 2.31. The standard InChI is InChI=1S/C13H17FN4O3/c1-8-7-16(2)3-4-17(8)13(19)9-5-11(15)10(14)6-12(9)18(20)21/h5-6,8H,3-4,7,15H2,1-2H3. The highest BCUT2D eigenvalue weighted by Crippen LogP contribution is 2.26. The Kier molecular flexibility index (Phi) is 4.08. The summed E-state index contributed by atoms with van der Waals surface area (Å²) < 4.78 is 13.4. The van der Waals surface area contributed by atoms with Crippen molar-refractivity contribution in [3.63, 3.8) is 0 Å². The van der Waals surface area contributed by atoms with Crippen LogP contribution in [-0.4, -0.2) is 53.4 Å². The van der Waals surface area contributed by atoms with Gasteiger partial charge in [-0.15, -0.1) is 0 Å². The van der Waals surface area contributed by atoms with Crippen LogP contribution in [0.25, 0.3) is 0 Å². The fourth-order valence-corrected chi connectivity index (χ4v) is 2.50. The van der Waals surface area contributed by atoms with Crippen molar-refractivity contribution < 1.29 is 14.1 Å². The van der Waals surface area contributed by atoms with Crippen molar-refractivity contribution in [2.75, 3.05) is 32.4 Å². The summed E-state index contributed by atoms with van der Waals surface area (Å²) in [6.45, 7) is 3.69. The number of piperazine rings is 1. The van der Waals surface area contributed by atoms with Gasteiger partial charge in [-0.25, -0.2) is 4.39 Å². The van der Waals surface area contributed by atoms with Gasteiger partial charge in [0.25, 0.3) is 11.6 Å². The molecular formula is C13H17FN4O3. The molecule has 21 heavy (non-hydrogen) atoms. The fraction of sp³-hybridized carbons (Fsp3) is 0.462. The topological polar surface area (TPSA) is 92.7 Å². The number of amides is 1. The van der Waals surface area contributed by atoms with E-state index >= 15 is 0 Å². The van der Waals surface area contributed by atoms with Crippen LogP contribution in [0.2, 0.25) is 0 Å². The van der Waals surface area contributed by atoms with Crippen molar-refractivity contribution in [2.24, 2.45) is 0 Å². The average Bonchev–Trinajstić information content (AvgIpc) is 2.40. The summed E-state index contributed by atoms with van der Waals surface area (Å²) in [6.07, 6.45) is 0. The van der Waals surface area contributed by atoms with Crippen LogP contribution in [0.3, 0.4) is 0 Å². The molecule has 1 saturated heterocycles. The van der Waals surface area contributed by atoms with Crippen LogP contribution in [0.5, 0.6) is 0 Å². The van der Waals surface area contributed by atoms with Crippen LogP contribution in [-0.2, 0) is 0 Å². The first-order valence-electron chi connectivity index (χ1n) is 6.54. The van der Waals surface area contributed by atoms with Gasteiger partial charge in [0.2, 0.25) is 0 Å². The number of carbonyl (C=O) groups excluding carboxylic acids is 1. The Labute approximate surface area is 121 Å². The number of anilines is 1. The van der Waals surface area contributed by atoms with Gasteiger partial charge < -0.3 is 15.5 Å². The van der Waals surface area contributed by atoms with Crippen LogP contribution >= 0.6 is 0 Å². The van der Waals surface area contributed by atoms with E-state index in [1.165, 1.54) is 0 Å². The van der Waals surface area contributed by atoms with Gasteiger partial charge in [0, 0.05) is 25.7 Å². The lowest BCUT2D eigenvalue weighted by molar-refractivity contribution is -0.385. The zero-order valence-electron chi connectivity index (χ0n) is 11.9. The second-order valence-corrected chi connectivity index (χ2v) is 5.26. The largest absolute Gasteiger partial charge is 0.396 e. The van der Waals surface area contributed by atoms with Crippen molar-refractivity contribution in [2.45, 2.75) is 13.0 Å². The number of benzene rings is 1. The van der Waals surface area contributed by atoms with Gasteiger partial charge in [-0.2, -0.15) is 0 Å². The minimum atomic E-state index is -0.898. The molecular weight excluding hydrogens is 279 g/mol. The van der Waals surface area contributed by atoms with E-state index in [0.29, 0.717) is 25.7 Å². The molecule has 1 unspecified atom stereocenters. The summed E-state index contributed by atoms with van der Waals surface area (Å²) in [6, 6.07) is 1.66. The second-order valence-electron chi connectivity index (χ2n) is 5.26. The fourth-order valence-electron chi connectivity index (χ4n) is 2.50. The zero-order valence-corrected chi connectivity index (χ0v) is 11.9. The molecule has 0 radical (unpaired) electrons. The third-order valence-electron chi connectivity index (χ3n) is 3.63. The van der Waals surface area contributed by atoms with Crippen LogP contribution in [0, 0.1) is 15.9 Å². The van der Waals surface area contributed by atoms with Gasteiger partial charge in [-0.05, 0) is 20.0 Å². The molecule has 8 heteroatoms. The Hall–Kier alpha value is -2.22. The smallest absolute Gasteiger partial charge is 0.285 e. The average molecular weight is 296 g/mol. The van der Waals surface area contributed by atoms with Crippen LogP contribution in [0.1, 0.15) is 17.3 Å². The summed E-state index contributed by atoms with van der Waals surface area (Å²) in [5, 5.41) is 11.0. The summed E-state index contributed by atoms with van der Waals surface area (Å²) in [5.41, 5.74) is 4.44. The van der Waals surface area contributed by atoms with E-state index in [4.69, 9.17) is 5.73 Å². The highest BCUT2D eigenvalue weighted by molar-refractivity contribution is 5.99. The van der Waals surface area contributed by atoms with E-state index in [9.17, 15) is 19.3 Å². The quantitative estimate of drug-likeness (QED) is 0.501. The monoisotopic (exact) mass is 296 g/mol. The lowest BCUT2D eigenvalue weighted by Gasteiger charge is -2.38. The normalized spacial score (nSPS) is 19.6. The van der Waals surface area contributed by atoms with E-state index in [-0.39, 0.29) is 17.3 Å². The number of nitro benzene ring substituents is 1. The second kappa shape index (κ2) is 5.65. The summed E-state index contributed by atoms with van der Waals surface area (Å²) in [7, 11) is 1.94. The Bertz CT molecular complexity index is 593. The minimum absolute atomic E-state index is 0.0814. The molecule has 1 aliphatic heterocycles. The number of halogens is 1. The predicted molar refractivity (Wildman–Crippen MR) is 75.5 cm³/mol. The number of nitrogen functional groups attached to an aromatic ring is 1. The molecule has 1 fully saturated rings. The molecule has 0 saturated carbocycles. The first-order chi connectivity index (χ1) is 9.81. The number of nitrogens with zero attached hydrogens (tertiary/aromatic N) is 3. The molecule has 1 aromatic carbocycles. The van der Waals surface area contributed by atoms with Crippen LogP contribution in [0.4, 0.5) is 15.8 Å². The lowest BCUT2D eigenvalue weighted by Crippen LogP contribution is -2.52. The van der Waals surface area contributed by atoms with Gasteiger partial charge in [0.05, 0.1) is 16.7 Å². The molecule has 114 valence electrons. The van der Waals surface area contributed by atoms with Crippen molar-refractivity contribution in [3.05, 3.63) is 33.6 Å². The lowest BCUT2D eigenvalue weighted by atomic mass is 10.1. The van der Waals surface area contributed by atoms with E-state index in [1.54, 1.807) is 4.90 Å². The molecule has 2 rings (SSSR count). The Balaban J connectivity index is 2.39. The van der Waals surface area contributed by atoms with E-state index in [0.717, 1.165) is 6.07 Å². The van der Waals surface area contributed by atoms with Gasteiger partial charge in [-0.1, -0.05) is 0 Å². The van der Waals surface area contributed by atoms with Crippen molar-refractivity contribution >= 4 is 17.3 Å². The maximum absolute atomic E-state index is 13.4. The predicted octanol–water partition coefficient (Wildman–Crippen LogP) is 1.09. The molecule has 0 bridgehead atoms. The molecule has 0 aliphatic carbocycles. The summed E-state index contributed by atoms with van der Waals surface area (Å²) in [5.74, 6) is -1.39. The number of nitrogens with two attached hydrogens (primary N) is 1. The highest BCUT2D eigenvalue weighted by atomic mass is 19.1. The van der Waals surface area contributed by atoms with E-state index in [1.807, 2.05) is 14.0 Å².